The number of nitrogens with two attached hydrogens (primary N) is 1. The van der Waals surface area contributed by atoms with Crippen LogP contribution in [0.5, 0.6) is 0 Å². The van der Waals surface area contributed by atoms with E-state index in [9.17, 15) is 9.59 Å². The Morgan fingerprint density at radius 3 is 2.65 bits per heavy atom. The van der Waals surface area contributed by atoms with Crippen LogP contribution in [0.1, 0.15) is 46.0 Å². The molecule has 1 aromatic rings. The van der Waals surface area contributed by atoms with Gasteiger partial charge in [0.1, 0.15) is 0 Å². The summed E-state index contributed by atoms with van der Waals surface area (Å²) in [6.45, 7) is 5.04. The van der Waals surface area contributed by atoms with Gasteiger partial charge in [0.2, 0.25) is 11.8 Å². The van der Waals surface area contributed by atoms with Crippen molar-refractivity contribution in [2.24, 2.45) is 11.1 Å². The summed E-state index contributed by atoms with van der Waals surface area (Å²) in [4.78, 5) is 26.5. The van der Waals surface area contributed by atoms with Gasteiger partial charge in [-0.05, 0) is 43.9 Å². The third-order valence-electron chi connectivity index (χ3n) is 4.97. The molecule has 2 amide bonds. The van der Waals surface area contributed by atoms with E-state index in [0.29, 0.717) is 31.5 Å². The Morgan fingerprint density at radius 1 is 1.30 bits per heavy atom. The highest BCUT2D eigenvalue weighted by Gasteiger charge is 2.33. The zero-order valence-corrected chi connectivity index (χ0v) is 14.1. The Hall–Kier alpha value is -1.88. The summed E-state index contributed by atoms with van der Waals surface area (Å²) in [7, 11) is 0. The SMILES string of the molecule is CCC(CC)(CN)C(=O)Nc1cccc(N2CCCCC2=O)c1. The highest BCUT2D eigenvalue weighted by Crippen LogP contribution is 2.28. The Labute approximate surface area is 138 Å². The second-order valence-corrected chi connectivity index (χ2v) is 6.20. The average Bonchev–Trinajstić information content (AvgIpc) is 2.57. The van der Waals surface area contributed by atoms with E-state index in [4.69, 9.17) is 5.73 Å². The van der Waals surface area contributed by atoms with Gasteiger partial charge in [-0.2, -0.15) is 0 Å². The first-order valence-electron chi connectivity index (χ1n) is 8.48. The normalized spacial score (nSPS) is 15.6. The van der Waals surface area contributed by atoms with E-state index in [-0.39, 0.29) is 11.8 Å². The van der Waals surface area contributed by atoms with Crippen LogP contribution in [0.3, 0.4) is 0 Å². The quantitative estimate of drug-likeness (QED) is 0.847. The average molecular weight is 317 g/mol. The molecule has 126 valence electrons. The summed E-state index contributed by atoms with van der Waals surface area (Å²) in [5, 5.41) is 2.97. The minimum Gasteiger partial charge on any atom is -0.329 e. The zero-order valence-electron chi connectivity index (χ0n) is 14.1. The van der Waals surface area contributed by atoms with Crippen molar-refractivity contribution in [1.29, 1.82) is 0 Å². The summed E-state index contributed by atoms with van der Waals surface area (Å²) >= 11 is 0. The molecule has 5 heteroatoms. The molecule has 1 saturated heterocycles. The fraction of sp³-hybridized carbons (Fsp3) is 0.556. The molecule has 1 aliphatic rings. The van der Waals surface area contributed by atoms with Gasteiger partial charge in [-0.15, -0.1) is 0 Å². The number of amides is 2. The molecule has 1 fully saturated rings. The molecule has 0 unspecified atom stereocenters. The molecule has 0 aliphatic carbocycles. The Morgan fingerprint density at radius 2 is 2.04 bits per heavy atom. The summed E-state index contributed by atoms with van der Waals surface area (Å²) < 4.78 is 0. The molecule has 0 radical (unpaired) electrons. The van der Waals surface area contributed by atoms with Crippen LogP contribution in [-0.2, 0) is 9.59 Å². The number of hydrogen-bond donors (Lipinski definition) is 2. The number of nitrogens with zero attached hydrogens (tertiary/aromatic N) is 1. The maximum Gasteiger partial charge on any atom is 0.231 e. The lowest BCUT2D eigenvalue weighted by molar-refractivity contribution is -0.125. The molecule has 0 spiro atoms. The van der Waals surface area contributed by atoms with E-state index >= 15 is 0 Å². The minimum absolute atomic E-state index is 0.0490. The largest absolute Gasteiger partial charge is 0.329 e. The lowest BCUT2D eigenvalue weighted by Crippen LogP contribution is -2.41. The molecule has 1 aliphatic heterocycles. The van der Waals surface area contributed by atoms with E-state index in [1.807, 2.05) is 38.1 Å². The van der Waals surface area contributed by atoms with Crippen LogP contribution >= 0.6 is 0 Å². The third-order valence-corrected chi connectivity index (χ3v) is 4.97. The van der Waals surface area contributed by atoms with Crippen LogP contribution in [0.25, 0.3) is 0 Å². The van der Waals surface area contributed by atoms with E-state index < -0.39 is 5.41 Å². The second kappa shape index (κ2) is 7.59. The molecule has 1 heterocycles. The van der Waals surface area contributed by atoms with Crippen molar-refractivity contribution in [3.63, 3.8) is 0 Å². The number of nitrogens with one attached hydrogen (secondary N) is 1. The Kier molecular flexibility index (Phi) is 5.77. The van der Waals surface area contributed by atoms with Gasteiger partial charge in [0.15, 0.2) is 0 Å². The molecule has 0 saturated carbocycles. The van der Waals surface area contributed by atoms with Crippen LogP contribution < -0.4 is 16.0 Å². The van der Waals surface area contributed by atoms with E-state index in [0.717, 1.165) is 25.1 Å². The number of hydrogen-bond acceptors (Lipinski definition) is 3. The number of benzene rings is 1. The summed E-state index contributed by atoms with van der Waals surface area (Å²) in [6, 6.07) is 7.50. The molecule has 0 bridgehead atoms. The van der Waals surface area contributed by atoms with Crippen molar-refractivity contribution in [3.8, 4) is 0 Å². The molecule has 1 aromatic carbocycles. The molecule has 2 rings (SSSR count). The molecule has 5 nitrogen and oxygen atoms in total. The fourth-order valence-corrected chi connectivity index (χ4v) is 3.05. The van der Waals surface area contributed by atoms with Gasteiger partial charge in [0.25, 0.3) is 0 Å². The lowest BCUT2D eigenvalue weighted by Gasteiger charge is -2.29. The topological polar surface area (TPSA) is 75.4 Å². The molecule has 0 aromatic heterocycles. The van der Waals surface area contributed by atoms with Crippen LogP contribution in [0.2, 0.25) is 0 Å². The van der Waals surface area contributed by atoms with Crippen molar-refractivity contribution in [1.82, 2.24) is 0 Å². The maximum atomic E-state index is 12.6. The lowest BCUT2D eigenvalue weighted by atomic mass is 9.81. The first kappa shape index (κ1) is 17.5. The monoisotopic (exact) mass is 317 g/mol. The van der Waals surface area contributed by atoms with Crippen LogP contribution in [0.4, 0.5) is 11.4 Å². The Bertz CT molecular complexity index is 559. The molecular formula is C18H27N3O2. The van der Waals surface area contributed by atoms with Crippen molar-refractivity contribution in [2.75, 3.05) is 23.3 Å². The standard InChI is InChI=1S/C18H27N3O2/c1-3-18(4-2,13-19)17(23)20-14-8-7-9-15(12-14)21-11-6-5-10-16(21)22/h7-9,12H,3-6,10-11,13,19H2,1-2H3,(H,20,23). The van der Waals surface area contributed by atoms with E-state index in [1.165, 1.54) is 0 Å². The summed E-state index contributed by atoms with van der Waals surface area (Å²) in [5.74, 6) is 0.102. The van der Waals surface area contributed by atoms with Crippen molar-refractivity contribution < 1.29 is 9.59 Å². The predicted molar refractivity (Wildman–Crippen MR) is 93.3 cm³/mol. The zero-order chi connectivity index (χ0) is 16.9. The first-order valence-corrected chi connectivity index (χ1v) is 8.48. The van der Waals surface area contributed by atoms with Gasteiger partial charge in [0, 0.05) is 30.9 Å². The van der Waals surface area contributed by atoms with Crippen LogP contribution in [0, 0.1) is 5.41 Å². The van der Waals surface area contributed by atoms with E-state index in [1.54, 1.807) is 4.90 Å². The second-order valence-electron chi connectivity index (χ2n) is 6.20. The van der Waals surface area contributed by atoms with Crippen LogP contribution in [0.15, 0.2) is 24.3 Å². The fourth-order valence-electron chi connectivity index (χ4n) is 3.05. The number of piperidine rings is 1. The van der Waals surface area contributed by atoms with Gasteiger partial charge < -0.3 is 16.0 Å². The van der Waals surface area contributed by atoms with Crippen molar-refractivity contribution in [2.45, 2.75) is 46.0 Å². The number of carbonyl (C=O) groups excluding carboxylic acids is 2. The van der Waals surface area contributed by atoms with Crippen LogP contribution in [-0.4, -0.2) is 24.9 Å². The maximum absolute atomic E-state index is 12.6. The Balaban J connectivity index is 2.17. The smallest absolute Gasteiger partial charge is 0.231 e. The molecule has 23 heavy (non-hydrogen) atoms. The minimum atomic E-state index is -0.531. The van der Waals surface area contributed by atoms with Gasteiger partial charge in [0.05, 0.1) is 5.41 Å². The first-order chi connectivity index (χ1) is 11.1. The van der Waals surface area contributed by atoms with Gasteiger partial charge in [-0.25, -0.2) is 0 Å². The molecule has 3 N–H and O–H groups in total. The predicted octanol–water partition coefficient (Wildman–Crippen LogP) is 2.91. The number of carbonyl (C=O) groups is 2. The third kappa shape index (κ3) is 3.72. The van der Waals surface area contributed by atoms with E-state index in [2.05, 4.69) is 5.32 Å². The summed E-state index contributed by atoms with van der Waals surface area (Å²) in [6.07, 6.45) is 3.98. The highest BCUT2D eigenvalue weighted by molar-refractivity contribution is 5.98. The number of rotatable bonds is 6. The van der Waals surface area contributed by atoms with Crippen molar-refractivity contribution in [3.05, 3.63) is 24.3 Å². The summed E-state index contributed by atoms with van der Waals surface area (Å²) in [5.41, 5.74) is 6.86. The van der Waals surface area contributed by atoms with Gasteiger partial charge in [-0.3, -0.25) is 9.59 Å². The highest BCUT2D eigenvalue weighted by atomic mass is 16.2. The van der Waals surface area contributed by atoms with Gasteiger partial charge in [-0.1, -0.05) is 19.9 Å². The molecule has 0 atom stereocenters. The molecular weight excluding hydrogens is 290 g/mol. The number of anilines is 2. The van der Waals surface area contributed by atoms with Crippen molar-refractivity contribution >= 4 is 23.2 Å². The van der Waals surface area contributed by atoms with Gasteiger partial charge >= 0.3 is 0 Å².